The molecule has 2 amide bonds. The van der Waals surface area contributed by atoms with Crippen molar-refractivity contribution in [1.82, 2.24) is 10.6 Å². The van der Waals surface area contributed by atoms with Crippen molar-refractivity contribution in [3.05, 3.63) is 59.4 Å². The summed E-state index contributed by atoms with van der Waals surface area (Å²) in [5, 5.41) is 5.06. The second-order valence-electron chi connectivity index (χ2n) is 8.57. The lowest BCUT2D eigenvalue weighted by atomic mass is 9.87. The summed E-state index contributed by atoms with van der Waals surface area (Å²) in [6.45, 7) is 2.21. The lowest BCUT2D eigenvalue weighted by Crippen LogP contribution is -2.34. The van der Waals surface area contributed by atoms with Gasteiger partial charge in [0.15, 0.2) is 11.6 Å². The first-order valence-corrected chi connectivity index (χ1v) is 12.1. The Kier molecular flexibility index (Phi) is 9.91. The second-order valence-corrected chi connectivity index (χ2v) is 8.57. The van der Waals surface area contributed by atoms with E-state index in [2.05, 4.69) is 15.4 Å². The van der Waals surface area contributed by atoms with Crippen molar-refractivity contribution >= 4 is 17.8 Å². The summed E-state index contributed by atoms with van der Waals surface area (Å²) in [5.74, 6) is -3.14. The minimum atomic E-state index is -5.05. The second kappa shape index (κ2) is 13.1. The van der Waals surface area contributed by atoms with Gasteiger partial charge in [-0.2, -0.15) is 0 Å². The zero-order chi connectivity index (χ0) is 27.7. The molecule has 3 rings (SSSR count). The molecule has 1 aliphatic rings. The average Bonchev–Trinajstić information content (AvgIpc) is 2.88. The third-order valence-corrected chi connectivity index (χ3v) is 5.83. The van der Waals surface area contributed by atoms with Crippen molar-refractivity contribution in [3.63, 3.8) is 0 Å². The van der Waals surface area contributed by atoms with Gasteiger partial charge in [0.25, 0.3) is 11.8 Å². The molecule has 206 valence electrons. The number of nitrogens with one attached hydrogen (secondary N) is 2. The van der Waals surface area contributed by atoms with Crippen LogP contribution in [-0.4, -0.2) is 49.9 Å². The maximum Gasteiger partial charge on any atom is 0.573 e. The first-order valence-electron chi connectivity index (χ1n) is 12.1. The summed E-state index contributed by atoms with van der Waals surface area (Å²) < 4.78 is 65.0. The number of hydrogen-bond acceptors (Lipinski definition) is 6. The van der Waals surface area contributed by atoms with Crippen LogP contribution in [0, 0.1) is 11.7 Å². The topological polar surface area (TPSA) is 103 Å². The molecule has 0 spiro atoms. The Morgan fingerprint density at radius 1 is 0.895 bits per heavy atom. The fraction of sp³-hybridized carbons (Fsp3) is 0.423. The third-order valence-electron chi connectivity index (χ3n) is 5.83. The van der Waals surface area contributed by atoms with Crippen LogP contribution < -0.4 is 20.1 Å². The predicted molar refractivity (Wildman–Crippen MR) is 127 cm³/mol. The van der Waals surface area contributed by atoms with Crippen LogP contribution in [0.4, 0.5) is 17.6 Å². The Bertz CT molecular complexity index is 1120. The molecule has 0 saturated heterocycles. The molecule has 1 fully saturated rings. The first kappa shape index (κ1) is 28.7. The molecule has 12 heteroatoms. The highest BCUT2D eigenvalue weighted by Gasteiger charge is 2.32. The van der Waals surface area contributed by atoms with E-state index in [1.807, 2.05) is 0 Å². The molecule has 0 bridgehead atoms. The lowest BCUT2D eigenvalue weighted by Gasteiger charge is -2.27. The van der Waals surface area contributed by atoms with E-state index in [1.165, 1.54) is 0 Å². The van der Waals surface area contributed by atoms with E-state index in [-0.39, 0.29) is 42.6 Å². The SMILES string of the molecule is CCOC(=O)C1CCC(Oc2ccc(C(=O)NCCNC(=O)c3ccc(OC(F)(F)F)c(F)c3)cc2)CC1. The summed E-state index contributed by atoms with van der Waals surface area (Å²) in [7, 11) is 0. The van der Waals surface area contributed by atoms with Crippen molar-refractivity contribution in [2.24, 2.45) is 5.92 Å². The van der Waals surface area contributed by atoms with E-state index in [1.54, 1.807) is 31.2 Å². The van der Waals surface area contributed by atoms with Crippen molar-refractivity contribution in [1.29, 1.82) is 0 Å². The molecule has 0 aromatic heterocycles. The lowest BCUT2D eigenvalue weighted by molar-refractivity contribution is -0.275. The van der Waals surface area contributed by atoms with Gasteiger partial charge in [-0.1, -0.05) is 0 Å². The van der Waals surface area contributed by atoms with Gasteiger partial charge >= 0.3 is 12.3 Å². The highest BCUT2D eigenvalue weighted by Crippen LogP contribution is 2.29. The largest absolute Gasteiger partial charge is 0.573 e. The number of halogens is 4. The van der Waals surface area contributed by atoms with Gasteiger partial charge in [0.2, 0.25) is 0 Å². The minimum absolute atomic E-state index is 0.00264. The molecule has 0 aliphatic heterocycles. The van der Waals surface area contributed by atoms with E-state index < -0.39 is 23.8 Å². The molecule has 1 aliphatic carbocycles. The molecule has 38 heavy (non-hydrogen) atoms. The van der Waals surface area contributed by atoms with E-state index in [9.17, 15) is 31.9 Å². The number of hydrogen-bond donors (Lipinski definition) is 2. The van der Waals surface area contributed by atoms with Crippen molar-refractivity contribution in [3.8, 4) is 11.5 Å². The van der Waals surface area contributed by atoms with Crippen LogP contribution in [0.15, 0.2) is 42.5 Å². The fourth-order valence-electron chi connectivity index (χ4n) is 3.96. The van der Waals surface area contributed by atoms with Gasteiger partial charge in [-0.25, -0.2) is 4.39 Å². The van der Waals surface area contributed by atoms with Crippen LogP contribution in [-0.2, 0) is 9.53 Å². The van der Waals surface area contributed by atoms with Gasteiger partial charge in [0.1, 0.15) is 5.75 Å². The Labute approximate surface area is 216 Å². The quantitative estimate of drug-likeness (QED) is 0.263. The van der Waals surface area contributed by atoms with E-state index in [4.69, 9.17) is 9.47 Å². The van der Waals surface area contributed by atoms with E-state index in [0.717, 1.165) is 18.9 Å². The van der Waals surface area contributed by atoms with Crippen LogP contribution in [0.3, 0.4) is 0 Å². The number of carbonyl (C=O) groups excluding carboxylic acids is 3. The molecule has 1 saturated carbocycles. The Hall–Kier alpha value is -3.83. The molecule has 0 radical (unpaired) electrons. The number of ether oxygens (including phenoxy) is 3. The Balaban J connectivity index is 1.38. The summed E-state index contributed by atoms with van der Waals surface area (Å²) in [6.07, 6.45) is -2.21. The van der Waals surface area contributed by atoms with Crippen LogP contribution >= 0.6 is 0 Å². The summed E-state index contributed by atoms with van der Waals surface area (Å²) >= 11 is 0. The zero-order valence-electron chi connectivity index (χ0n) is 20.6. The van der Waals surface area contributed by atoms with Gasteiger partial charge in [-0.15, -0.1) is 13.2 Å². The van der Waals surface area contributed by atoms with Crippen LogP contribution in [0.5, 0.6) is 11.5 Å². The molecular formula is C26H28F4N2O6. The van der Waals surface area contributed by atoms with E-state index >= 15 is 0 Å². The van der Waals surface area contributed by atoms with Gasteiger partial charge in [-0.3, -0.25) is 14.4 Å². The fourth-order valence-corrected chi connectivity index (χ4v) is 3.96. The smallest absolute Gasteiger partial charge is 0.490 e. The molecule has 0 heterocycles. The number of rotatable bonds is 10. The Morgan fingerprint density at radius 2 is 1.47 bits per heavy atom. The molecule has 2 N–H and O–H groups in total. The number of carbonyl (C=O) groups is 3. The predicted octanol–water partition coefficient (Wildman–Crippen LogP) is 4.38. The molecular weight excluding hydrogens is 512 g/mol. The van der Waals surface area contributed by atoms with Gasteiger partial charge in [0, 0.05) is 24.2 Å². The van der Waals surface area contributed by atoms with Crippen molar-refractivity contribution < 1.29 is 46.2 Å². The molecule has 2 aromatic carbocycles. The molecule has 8 nitrogen and oxygen atoms in total. The monoisotopic (exact) mass is 540 g/mol. The molecule has 0 atom stereocenters. The maximum atomic E-state index is 13.8. The van der Waals surface area contributed by atoms with E-state index in [0.29, 0.717) is 42.9 Å². The molecule has 2 aromatic rings. The average molecular weight is 541 g/mol. The van der Waals surface area contributed by atoms with Gasteiger partial charge in [-0.05, 0) is 75.1 Å². The first-order chi connectivity index (χ1) is 18.1. The normalized spacial score (nSPS) is 17.3. The molecule has 0 unspecified atom stereocenters. The standard InChI is InChI=1S/C26H28F4N2O6/c1-2-36-25(35)17-5-10-20(11-6-17)37-19-8-3-16(4-9-19)23(33)31-13-14-32-24(34)18-7-12-22(21(27)15-18)38-26(28,29)30/h3-4,7-9,12,15,17,20H,2,5-6,10-11,13-14H2,1H3,(H,31,33)(H,32,34). The highest BCUT2D eigenvalue weighted by atomic mass is 19.4. The number of esters is 1. The Morgan fingerprint density at radius 3 is 2.03 bits per heavy atom. The van der Waals surface area contributed by atoms with Crippen LogP contribution in [0.2, 0.25) is 0 Å². The van der Waals surface area contributed by atoms with Crippen LogP contribution in [0.25, 0.3) is 0 Å². The van der Waals surface area contributed by atoms with Gasteiger partial charge < -0.3 is 24.8 Å². The highest BCUT2D eigenvalue weighted by molar-refractivity contribution is 5.95. The summed E-state index contributed by atoms with van der Waals surface area (Å²) in [5.41, 5.74) is 0.172. The summed E-state index contributed by atoms with van der Waals surface area (Å²) in [4.78, 5) is 36.3. The summed E-state index contributed by atoms with van der Waals surface area (Å²) in [6, 6.07) is 8.88. The minimum Gasteiger partial charge on any atom is -0.490 e. The zero-order valence-corrected chi connectivity index (χ0v) is 20.6. The number of benzene rings is 2. The third kappa shape index (κ3) is 8.63. The van der Waals surface area contributed by atoms with Crippen molar-refractivity contribution in [2.75, 3.05) is 19.7 Å². The van der Waals surface area contributed by atoms with Crippen LogP contribution in [0.1, 0.15) is 53.3 Å². The number of alkyl halides is 3. The maximum absolute atomic E-state index is 13.8. The number of amides is 2. The van der Waals surface area contributed by atoms with Crippen molar-refractivity contribution in [2.45, 2.75) is 45.1 Å². The van der Waals surface area contributed by atoms with Gasteiger partial charge in [0.05, 0.1) is 18.6 Å².